The Morgan fingerprint density at radius 3 is 2.47 bits per heavy atom. The molecule has 90 valence electrons. The number of piperidine rings is 1. The number of aliphatic hydroxyl groups excluding tert-OH is 1. The molecule has 0 aromatic carbocycles. The van der Waals surface area contributed by atoms with Crippen molar-refractivity contribution in [1.82, 2.24) is 10.2 Å². The van der Waals surface area contributed by atoms with Crippen molar-refractivity contribution in [1.29, 1.82) is 0 Å². The van der Waals surface area contributed by atoms with Crippen LogP contribution < -0.4 is 5.32 Å². The van der Waals surface area contributed by atoms with Crippen LogP contribution >= 0.6 is 0 Å². The predicted molar refractivity (Wildman–Crippen MR) is 55.1 cm³/mol. The van der Waals surface area contributed by atoms with E-state index in [-0.39, 0.29) is 12.6 Å². The summed E-state index contributed by atoms with van der Waals surface area (Å²) in [5.74, 6) is 0. The summed E-state index contributed by atoms with van der Waals surface area (Å²) in [5, 5.41) is 11.9. The van der Waals surface area contributed by atoms with Crippen molar-refractivity contribution in [2.24, 2.45) is 0 Å². The van der Waals surface area contributed by atoms with Crippen molar-refractivity contribution in [2.45, 2.75) is 38.3 Å². The van der Waals surface area contributed by atoms with Gasteiger partial charge >= 0.3 is 0 Å². The lowest BCUT2D eigenvalue weighted by atomic mass is 10.1. The fourth-order valence-corrected chi connectivity index (χ4v) is 1.83. The van der Waals surface area contributed by atoms with Crippen LogP contribution in [0.5, 0.6) is 0 Å². The fraction of sp³-hybridized carbons (Fsp3) is 1.00. The van der Waals surface area contributed by atoms with E-state index in [2.05, 4.69) is 17.1 Å². The van der Waals surface area contributed by atoms with E-state index in [4.69, 9.17) is 5.11 Å². The summed E-state index contributed by atoms with van der Waals surface area (Å²) in [4.78, 5) is 2.34. The van der Waals surface area contributed by atoms with E-state index in [1.807, 2.05) is 0 Å². The first-order valence-corrected chi connectivity index (χ1v) is 5.55. The third-order valence-corrected chi connectivity index (χ3v) is 2.94. The van der Waals surface area contributed by atoms with Gasteiger partial charge in [-0.05, 0) is 32.5 Å². The summed E-state index contributed by atoms with van der Waals surface area (Å²) >= 11 is 0. The molecule has 1 aliphatic heterocycles. The van der Waals surface area contributed by atoms with E-state index < -0.39 is 12.5 Å². The van der Waals surface area contributed by atoms with E-state index in [0.717, 1.165) is 32.5 Å². The number of aliphatic hydroxyl groups is 1. The molecule has 1 aliphatic rings. The summed E-state index contributed by atoms with van der Waals surface area (Å²) in [7, 11) is 0. The van der Waals surface area contributed by atoms with Crippen molar-refractivity contribution >= 4 is 0 Å². The molecule has 1 heterocycles. The molecule has 2 N–H and O–H groups in total. The molecule has 3 nitrogen and oxygen atoms in total. The molecule has 1 fully saturated rings. The Morgan fingerprint density at radius 1 is 1.40 bits per heavy atom. The standard InChI is InChI=1S/C10H20F2N2O/c1-2-14-5-3-8(4-6-14)13-7-9(15)10(11)12/h8-10,13,15H,2-7H2,1H3. The van der Waals surface area contributed by atoms with Crippen LogP contribution in [-0.2, 0) is 0 Å². The van der Waals surface area contributed by atoms with Gasteiger partial charge in [0, 0.05) is 12.6 Å². The largest absolute Gasteiger partial charge is 0.386 e. The molecule has 0 aromatic rings. The monoisotopic (exact) mass is 222 g/mol. The lowest BCUT2D eigenvalue weighted by Gasteiger charge is -2.31. The minimum absolute atomic E-state index is 0.00550. The Labute approximate surface area is 89.5 Å². The molecule has 0 radical (unpaired) electrons. The van der Waals surface area contributed by atoms with Gasteiger partial charge in [-0.15, -0.1) is 0 Å². The molecule has 0 saturated carbocycles. The first-order valence-electron chi connectivity index (χ1n) is 5.55. The van der Waals surface area contributed by atoms with E-state index in [1.54, 1.807) is 0 Å². The summed E-state index contributed by atoms with van der Waals surface area (Å²) in [6.07, 6.45) is -2.23. The molecular weight excluding hydrogens is 202 g/mol. The van der Waals surface area contributed by atoms with Gasteiger partial charge in [-0.1, -0.05) is 6.92 Å². The molecule has 1 unspecified atom stereocenters. The number of hydrogen-bond acceptors (Lipinski definition) is 3. The Hall–Kier alpha value is -0.260. The molecule has 0 aromatic heterocycles. The van der Waals surface area contributed by atoms with Crippen LogP contribution in [0, 0.1) is 0 Å². The number of halogens is 2. The number of hydrogen-bond donors (Lipinski definition) is 2. The smallest absolute Gasteiger partial charge is 0.265 e. The number of rotatable bonds is 5. The van der Waals surface area contributed by atoms with Crippen LogP contribution in [0.25, 0.3) is 0 Å². The van der Waals surface area contributed by atoms with Gasteiger partial charge in [0.2, 0.25) is 0 Å². The van der Waals surface area contributed by atoms with Crippen LogP contribution in [0.2, 0.25) is 0 Å². The molecule has 5 heteroatoms. The molecule has 0 amide bonds. The third kappa shape index (κ3) is 4.40. The highest BCUT2D eigenvalue weighted by Gasteiger charge is 2.21. The zero-order valence-electron chi connectivity index (χ0n) is 9.13. The van der Waals surface area contributed by atoms with Crippen LogP contribution in [0.4, 0.5) is 8.78 Å². The molecule has 1 rings (SSSR count). The van der Waals surface area contributed by atoms with Gasteiger partial charge in [0.05, 0.1) is 0 Å². The quantitative estimate of drug-likeness (QED) is 0.718. The van der Waals surface area contributed by atoms with E-state index in [1.165, 1.54) is 0 Å². The van der Waals surface area contributed by atoms with Gasteiger partial charge in [0.1, 0.15) is 6.10 Å². The average Bonchev–Trinajstić information content (AvgIpc) is 2.26. The van der Waals surface area contributed by atoms with Gasteiger partial charge in [0.25, 0.3) is 6.43 Å². The van der Waals surface area contributed by atoms with Crippen LogP contribution in [0.15, 0.2) is 0 Å². The Morgan fingerprint density at radius 2 is 2.00 bits per heavy atom. The SMILES string of the molecule is CCN1CCC(NCC(O)C(F)F)CC1. The molecule has 0 aliphatic carbocycles. The van der Waals surface area contributed by atoms with Gasteiger partial charge in [-0.3, -0.25) is 0 Å². The van der Waals surface area contributed by atoms with E-state index >= 15 is 0 Å². The molecule has 15 heavy (non-hydrogen) atoms. The Bertz CT molecular complexity index is 173. The zero-order valence-corrected chi connectivity index (χ0v) is 9.13. The van der Waals surface area contributed by atoms with Crippen molar-refractivity contribution in [3.8, 4) is 0 Å². The van der Waals surface area contributed by atoms with Crippen LogP contribution in [0.1, 0.15) is 19.8 Å². The first-order chi connectivity index (χ1) is 7.13. The average molecular weight is 222 g/mol. The van der Waals surface area contributed by atoms with Crippen molar-refractivity contribution in [3.05, 3.63) is 0 Å². The Kier molecular flexibility index (Phi) is 5.42. The highest BCUT2D eigenvalue weighted by molar-refractivity contribution is 4.77. The number of alkyl halides is 2. The van der Waals surface area contributed by atoms with Gasteiger partial charge < -0.3 is 15.3 Å². The fourth-order valence-electron chi connectivity index (χ4n) is 1.83. The minimum Gasteiger partial charge on any atom is -0.386 e. The zero-order chi connectivity index (χ0) is 11.3. The summed E-state index contributed by atoms with van der Waals surface area (Å²) in [6.45, 7) is 5.19. The maximum atomic E-state index is 12.0. The predicted octanol–water partition coefficient (Wildman–Crippen LogP) is 0.686. The third-order valence-electron chi connectivity index (χ3n) is 2.94. The highest BCUT2D eigenvalue weighted by Crippen LogP contribution is 2.10. The Balaban J connectivity index is 2.13. The lowest BCUT2D eigenvalue weighted by Crippen LogP contribution is -2.45. The normalized spacial score (nSPS) is 22.2. The topological polar surface area (TPSA) is 35.5 Å². The summed E-state index contributed by atoms with van der Waals surface area (Å²) in [6, 6.07) is 0.279. The van der Waals surface area contributed by atoms with Crippen molar-refractivity contribution < 1.29 is 13.9 Å². The molecule has 0 bridgehead atoms. The second kappa shape index (κ2) is 6.35. The molecule has 0 spiro atoms. The van der Waals surface area contributed by atoms with Crippen molar-refractivity contribution in [3.63, 3.8) is 0 Å². The number of nitrogens with zero attached hydrogens (tertiary/aromatic N) is 1. The van der Waals surface area contributed by atoms with E-state index in [9.17, 15) is 8.78 Å². The maximum Gasteiger partial charge on any atom is 0.265 e. The number of likely N-dealkylation sites (tertiary alicyclic amines) is 1. The lowest BCUT2D eigenvalue weighted by molar-refractivity contribution is -0.00566. The van der Waals surface area contributed by atoms with E-state index in [0.29, 0.717) is 0 Å². The van der Waals surface area contributed by atoms with Gasteiger partial charge in [-0.2, -0.15) is 0 Å². The van der Waals surface area contributed by atoms with Crippen molar-refractivity contribution in [2.75, 3.05) is 26.2 Å². The molecule has 1 saturated heterocycles. The molecule has 1 atom stereocenters. The maximum absolute atomic E-state index is 12.0. The van der Waals surface area contributed by atoms with Crippen LogP contribution in [-0.4, -0.2) is 54.8 Å². The van der Waals surface area contributed by atoms with Crippen LogP contribution in [0.3, 0.4) is 0 Å². The summed E-state index contributed by atoms with van der Waals surface area (Å²) < 4.78 is 24.0. The second-order valence-corrected chi connectivity index (χ2v) is 4.02. The van der Waals surface area contributed by atoms with Gasteiger partial charge in [-0.25, -0.2) is 8.78 Å². The first kappa shape index (κ1) is 12.8. The second-order valence-electron chi connectivity index (χ2n) is 4.02. The minimum atomic E-state index is -2.65. The highest BCUT2D eigenvalue weighted by atomic mass is 19.3. The molecular formula is C10H20F2N2O. The number of nitrogens with one attached hydrogen (secondary N) is 1. The van der Waals surface area contributed by atoms with Gasteiger partial charge in [0.15, 0.2) is 0 Å². The summed E-state index contributed by atoms with van der Waals surface area (Å²) in [5.41, 5.74) is 0.